The van der Waals surface area contributed by atoms with Crippen molar-refractivity contribution in [3.05, 3.63) is 60.2 Å². The van der Waals surface area contributed by atoms with Crippen LogP contribution in [-0.4, -0.2) is 30.1 Å². The van der Waals surface area contributed by atoms with Gasteiger partial charge in [0.2, 0.25) is 9.84 Å². The van der Waals surface area contributed by atoms with Gasteiger partial charge in [0, 0.05) is 16.9 Å². The van der Waals surface area contributed by atoms with Gasteiger partial charge in [-0.2, -0.15) is 8.78 Å². The molecule has 0 aliphatic rings. The third-order valence-electron chi connectivity index (χ3n) is 3.98. The van der Waals surface area contributed by atoms with Gasteiger partial charge in [0.15, 0.2) is 6.04 Å². The van der Waals surface area contributed by atoms with E-state index in [1.54, 1.807) is 26.8 Å². The topological polar surface area (TPSA) is 78.5 Å². The maximum atomic E-state index is 15.5. The van der Waals surface area contributed by atoms with E-state index >= 15 is 8.78 Å². The molecular weight excluding hydrogens is 408 g/mol. The average molecular weight is 432 g/mol. The van der Waals surface area contributed by atoms with Crippen molar-refractivity contribution in [2.24, 2.45) is 0 Å². The van der Waals surface area contributed by atoms with Crippen LogP contribution in [0.2, 0.25) is 0 Å². The molecule has 9 heteroatoms. The van der Waals surface area contributed by atoms with Crippen LogP contribution in [0.25, 0.3) is 0 Å². The third-order valence-corrected chi connectivity index (χ3v) is 7.39. The summed E-state index contributed by atoms with van der Waals surface area (Å²) < 4.78 is 75.6. The van der Waals surface area contributed by atoms with Crippen molar-refractivity contribution in [2.45, 2.75) is 41.7 Å². The molecule has 0 spiro atoms. The van der Waals surface area contributed by atoms with Crippen molar-refractivity contribution in [1.29, 1.82) is 0 Å². The molecule has 0 aliphatic heterocycles. The zero-order valence-corrected chi connectivity index (χ0v) is 17.6. The van der Waals surface area contributed by atoms with Gasteiger partial charge >= 0.3 is 5.25 Å². The Bertz CT molecular complexity index is 900. The molecule has 2 rings (SSSR count). The normalized spacial score (nSPS) is 15.1. The number of para-hydroxylation sites is 1. The average Bonchev–Trinajstić information content (AvgIpc) is 2.65. The molecule has 2 aromatic carbocycles. The van der Waals surface area contributed by atoms with E-state index in [4.69, 9.17) is 4.74 Å². The van der Waals surface area contributed by atoms with Gasteiger partial charge in [0.05, 0.1) is 12.0 Å². The zero-order chi connectivity index (χ0) is 21.2. The van der Waals surface area contributed by atoms with E-state index in [1.165, 1.54) is 43.5 Å². The molecule has 2 atom stereocenters. The van der Waals surface area contributed by atoms with Gasteiger partial charge in [-0.3, -0.25) is 0 Å². The summed E-state index contributed by atoms with van der Waals surface area (Å²) in [4.78, 5) is -0.525. The van der Waals surface area contributed by atoms with Crippen LogP contribution in [0.4, 0.5) is 8.78 Å². The molecule has 0 amide bonds. The number of nitrogens with one attached hydrogen (secondary N) is 1. The fourth-order valence-corrected chi connectivity index (χ4v) is 4.66. The van der Waals surface area contributed by atoms with Crippen molar-refractivity contribution >= 4 is 21.2 Å². The first-order chi connectivity index (χ1) is 12.9. The second-order valence-electron chi connectivity index (χ2n) is 7.05. The monoisotopic (exact) mass is 431 g/mol. The third kappa shape index (κ3) is 4.48. The van der Waals surface area contributed by atoms with Crippen LogP contribution in [0, 0.1) is 0 Å². The fourth-order valence-electron chi connectivity index (χ4n) is 2.41. The summed E-state index contributed by atoms with van der Waals surface area (Å²) in [5, 5.41) is -4.30. The maximum absolute atomic E-state index is 15.5. The van der Waals surface area contributed by atoms with E-state index in [-0.39, 0.29) is 11.3 Å². The molecule has 0 saturated heterocycles. The number of halogens is 2. The molecule has 0 aliphatic carbocycles. The fraction of sp³-hybridized carbons (Fsp3) is 0.368. The molecule has 1 unspecified atom stereocenters. The predicted molar refractivity (Wildman–Crippen MR) is 105 cm³/mol. The van der Waals surface area contributed by atoms with E-state index in [1.807, 2.05) is 0 Å². The number of rotatable bonds is 7. The lowest BCUT2D eigenvalue weighted by Gasteiger charge is -2.32. The van der Waals surface area contributed by atoms with E-state index in [0.717, 1.165) is 12.1 Å². The lowest BCUT2D eigenvalue weighted by molar-refractivity contribution is 0.0543. The molecule has 0 bridgehead atoms. The minimum absolute atomic E-state index is 0.0637. The minimum atomic E-state index is -5.09. The van der Waals surface area contributed by atoms with E-state index in [9.17, 15) is 13.0 Å². The standard InChI is InChI=1S/C19H23F2NO4S2/c1-18(2,3)27(23)22-17(15-12-8-9-13-16(15)26-4)19(20,21)28(24,25)14-10-6-5-7-11-14/h5-13,17,22H,1-4H3/t17-,27?/m1/s1. The predicted octanol–water partition coefficient (Wildman–Crippen LogP) is 3.85. The highest BCUT2D eigenvalue weighted by Crippen LogP contribution is 2.43. The van der Waals surface area contributed by atoms with Gasteiger partial charge in [-0.15, -0.1) is 4.72 Å². The molecule has 1 N–H and O–H groups in total. The number of hydrogen-bond acceptors (Lipinski definition) is 5. The molecule has 0 radical (unpaired) electrons. The van der Waals surface area contributed by atoms with E-state index in [0.29, 0.717) is 0 Å². The van der Waals surface area contributed by atoms with Crippen molar-refractivity contribution < 1.29 is 26.5 Å². The van der Waals surface area contributed by atoms with E-state index < -0.39 is 42.1 Å². The maximum Gasteiger partial charge on any atom is 0.373 e. The van der Waals surface area contributed by atoms with Gasteiger partial charge in [0.1, 0.15) is 10.5 Å². The van der Waals surface area contributed by atoms with Crippen LogP contribution >= 0.6 is 0 Å². The van der Waals surface area contributed by atoms with Crippen LogP contribution in [0.1, 0.15) is 32.4 Å². The Balaban J connectivity index is 2.63. The number of methoxy groups -OCH3 is 1. The molecule has 0 heterocycles. The lowest BCUT2D eigenvalue weighted by Crippen LogP contribution is -2.49. The Hall–Kier alpha value is -1.68. The Kier molecular flexibility index (Phi) is 6.75. The number of alkyl halides is 2. The second kappa shape index (κ2) is 8.36. The molecule has 0 aromatic heterocycles. The zero-order valence-electron chi connectivity index (χ0n) is 16.0. The van der Waals surface area contributed by atoms with Gasteiger partial charge in [0.25, 0.3) is 0 Å². The molecular formula is C19H23F2NO4S2. The van der Waals surface area contributed by atoms with Crippen molar-refractivity contribution in [3.63, 3.8) is 0 Å². The van der Waals surface area contributed by atoms with Crippen molar-refractivity contribution in [3.8, 4) is 5.75 Å². The van der Waals surface area contributed by atoms with Crippen LogP contribution in [0.3, 0.4) is 0 Å². The number of benzene rings is 2. The lowest BCUT2D eigenvalue weighted by atomic mass is 10.1. The van der Waals surface area contributed by atoms with E-state index in [2.05, 4.69) is 4.72 Å². The first-order valence-corrected chi connectivity index (χ1v) is 11.0. The summed E-state index contributed by atoms with van der Waals surface area (Å²) in [7, 11) is -3.80. The van der Waals surface area contributed by atoms with Crippen LogP contribution < -0.4 is 9.46 Å². The van der Waals surface area contributed by atoms with Gasteiger partial charge in [-0.1, -0.05) is 36.4 Å². The molecule has 5 nitrogen and oxygen atoms in total. The second-order valence-corrected chi connectivity index (χ2v) is 11.1. The smallest absolute Gasteiger partial charge is 0.373 e. The Morgan fingerprint density at radius 1 is 1.04 bits per heavy atom. The van der Waals surface area contributed by atoms with Crippen LogP contribution in [0.5, 0.6) is 5.75 Å². The first-order valence-electron chi connectivity index (χ1n) is 8.41. The highest BCUT2D eigenvalue weighted by atomic mass is 32.2. The minimum Gasteiger partial charge on any atom is -0.598 e. The van der Waals surface area contributed by atoms with Crippen LogP contribution in [0.15, 0.2) is 59.5 Å². The molecule has 154 valence electrons. The van der Waals surface area contributed by atoms with Crippen LogP contribution in [-0.2, 0) is 21.2 Å². The first kappa shape index (κ1) is 22.6. The SMILES string of the molecule is COc1ccccc1[C@@H](N[S+]([O-])C(C)(C)C)C(F)(F)S(=O)(=O)c1ccccc1. The molecule has 0 saturated carbocycles. The Labute approximate surface area is 167 Å². The summed E-state index contributed by atoms with van der Waals surface area (Å²) in [5.74, 6) is 0.0637. The summed E-state index contributed by atoms with van der Waals surface area (Å²) in [6.45, 7) is 4.79. The Morgan fingerprint density at radius 2 is 1.57 bits per heavy atom. The summed E-state index contributed by atoms with van der Waals surface area (Å²) in [5.41, 5.74) is -0.105. The molecule has 28 heavy (non-hydrogen) atoms. The summed E-state index contributed by atoms with van der Waals surface area (Å²) in [6, 6.07) is 10.2. The van der Waals surface area contributed by atoms with Crippen molar-refractivity contribution in [1.82, 2.24) is 4.72 Å². The van der Waals surface area contributed by atoms with Gasteiger partial charge < -0.3 is 9.29 Å². The molecule has 2 aromatic rings. The number of sulfone groups is 1. The van der Waals surface area contributed by atoms with Gasteiger partial charge in [-0.05, 0) is 39.0 Å². The highest BCUT2D eigenvalue weighted by molar-refractivity contribution is 7.93. The molecule has 0 fully saturated rings. The largest absolute Gasteiger partial charge is 0.598 e. The number of ether oxygens (including phenoxy) is 1. The number of hydrogen-bond donors (Lipinski definition) is 1. The van der Waals surface area contributed by atoms with Gasteiger partial charge in [-0.25, -0.2) is 8.42 Å². The summed E-state index contributed by atoms with van der Waals surface area (Å²) in [6.07, 6.45) is 0. The Morgan fingerprint density at radius 3 is 2.11 bits per heavy atom. The summed E-state index contributed by atoms with van der Waals surface area (Å²) >= 11 is -1.97. The van der Waals surface area contributed by atoms with Crippen molar-refractivity contribution in [2.75, 3.05) is 7.11 Å². The quantitative estimate of drug-likeness (QED) is 0.674. The highest BCUT2D eigenvalue weighted by Gasteiger charge is 2.56.